The van der Waals surface area contributed by atoms with Crippen molar-refractivity contribution >= 4 is 23.1 Å². The van der Waals surface area contributed by atoms with E-state index in [-0.39, 0.29) is 23.4 Å². The molecule has 0 unspecified atom stereocenters. The Hall–Kier alpha value is -3.56. The molecular formula is C25H25FN4O4. The van der Waals surface area contributed by atoms with Gasteiger partial charge in [0.25, 0.3) is 11.7 Å². The minimum Gasteiger partial charge on any atom is -0.505 e. The Kier molecular flexibility index (Phi) is 5.89. The zero-order chi connectivity index (χ0) is 23.8. The number of morpholine rings is 1. The number of benzene rings is 1. The Morgan fingerprint density at radius 2 is 1.85 bits per heavy atom. The van der Waals surface area contributed by atoms with Gasteiger partial charge in [-0.05, 0) is 25.1 Å². The van der Waals surface area contributed by atoms with Crippen molar-refractivity contribution in [1.29, 1.82) is 0 Å². The molecule has 0 radical (unpaired) electrons. The summed E-state index contributed by atoms with van der Waals surface area (Å²) in [6.07, 6.45) is 1.72. The lowest BCUT2D eigenvalue weighted by Crippen LogP contribution is -2.42. The smallest absolute Gasteiger partial charge is 0.295 e. The number of hydrogen-bond acceptors (Lipinski definition) is 6. The third-order valence-corrected chi connectivity index (χ3v) is 6.43. The molecule has 34 heavy (non-hydrogen) atoms. The minimum absolute atomic E-state index is 0.133. The highest BCUT2D eigenvalue weighted by Gasteiger charge is 2.47. The Morgan fingerprint density at radius 1 is 1.12 bits per heavy atom. The van der Waals surface area contributed by atoms with Gasteiger partial charge in [0, 0.05) is 37.9 Å². The summed E-state index contributed by atoms with van der Waals surface area (Å²) in [5.74, 6) is -2.50. The Morgan fingerprint density at radius 3 is 2.62 bits per heavy atom. The van der Waals surface area contributed by atoms with Crippen LogP contribution in [-0.2, 0) is 14.3 Å². The molecule has 8 nitrogen and oxygen atoms in total. The molecule has 9 heteroatoms. The van der Waals surface area contributed by atoms with Crippen LogP contribution < -0.4 is 0 Å². The molecule has 176 valence electrons. The number of fused-ring (bicyclic) bond motifs is 1. The van der Waals surface area contributed by atoms with E-state index in [2.05, 4.69) is 9.88 Å². The average Bonchev–Trinajstić information content (AvgIpc) is 3.31. The zero-order valence-electron chi connectivity index (χ0n) is 18.8. The molecule has 1 atom stereocenters. The van der Waals surface area contributed by atoms with Crippen LogP contribution in [0.1, 0.15) is 23.0 Å². The van der Waals surface area contributed by atoms with Gasteiger partial charge >= 0.3 is 0 Å². The van der Waals surface area contributed by atoms with E-state index in [9.17, 15) is 19.1 Å². The van der Waals surface area contributed by atoms with Crippen LogP contribution in [0.25, 0.3) is 11.4 Å². The average molecular weight is 464 g/mol. The molecule has 0 spiro atoms. The van der Waals surface area contributed by atoms with Gasteiger partial charge in [0.2, 0.25) is 0 Å². The largest absolute Gasteiger partial charge is 0.505 e. The second-order valence-electron chi connectivity index (χ2n) is 8.44. The molecule has 4 heterocycles. The van der Waals surface area contributed by atoms with Crippen molar-refractivity contribution in [3.05, 3.63) is 77.0 Å². The van der Waals surface area contributed by atoms with Crippen molar-refractivity contribution in [3.63, 3.8) is 0 Å². The molecule has 0 bridgehead atoms. The lowest BCUT2D eigenvalue weighted by atomic mass is 9.96. The van der Waals surface area contributed by atoms with E-state index < -0.39 is 23.5 Å². The standard InChI is InChI=1S/C25H25FN4O4/c1-16-21(29-9-5-4-8-19(29)27-16)23(31)20-22(17-6-2-3-7-18(17)26)30(25(33)24(20)32)11-10-28-12-14-34-15-13-28/h2-9,22,31H,10-15H2,1H3/b23-20+/t22-/m0/s1. The maximum atomic E-state index is 15.0. The molecule has 5 rings (SSSR count). The highest BCUT2D eigenvalue weighted by Crippen LogP contribution is 2.40. The monoisotopic (exact) mass is 464 g/mol. The topological polar surface area (TPSA) is 87.4 Å². The summed E-state index contributed by atoms with van der Waals surface area (Å²) in [5, 5.41) is 11.4. The number of imidazole rings is 1. The van der Waals surface area contributed by atoms with E-state index in [1.165, 1.54) is 11.0 Å². The van der Waals surface area contributed by atoms with E-state index in [1.54, 1.807) is 47.9 Å². The van der Waals surface area contributed by atoms with Crippen LogP contribution >= 0.6 is 0 Å². The van der Waals surface area contributed by atoms with Gasteiger partial charge in [-0.3, -0.25) is 18.9 Å². The number of carbonyl (C=O) groups excluding carboxylic acids is 2. The van der Waals surface area contributed by atoms with E-state index in [0.29, 0.717) is 36.8 Å². The molecule has 1 aromatic carbocycles. The number of ketones is 1. The van der Waals surface area contributed by atoms with Gasteiger partial charge < -0.3 is 14.7 Å². The summed E-state index contributed by atoms with van der Waals surface area (Å²) >= 11 is 0. The Balaban J connectivity index is 1.62. The predicted molar refractivity (Wildman–Crippen MR) is 123 cm³/mol. The number of amides is 1. The number of carbonyl (C=O) groups is 2. The van der Waals surface area contributed by atoms with Crippen molar-refractivity contribution in [2.45, 2.75) is 13.0 Å². The van der Waals surface area contributed by atoms with Crippen LogP contribution in [0.3, 0.4) is 0 Å². The molecule has 1 N–H and O–H groups in total. The first kappa shape index (κ1) is 22.2. The van der Waals surface area contributed by atoms with Gasteiger partial charge in [0.1, 0.15) is 17.2 Å². The lowest BCUT2D eigenvalue weighted by molar-refractivity contribution is -0.140. The molecule has 2 fully saturated rings. The number of ether oxygens (including phenoxy) is 1. The number of aliphatic hydroxyl groups excluding tert-OH is 1. The van der Waals surface area contributed by atoms with Crippen molar-refractivity contribution < 1.29 is 23.8 Å². The van der Waals surface area contributed by atoms with Gasteiger partial charge in [-0.2, -0.15) is 0 Å². The van der Waals surface area contributed by atoms with E-state index in [0.717, 1.165) is 13.1 Å². The second-order valence-corrected chi connectivity index (χ2v) is 8.44. The Bertz CT molecular complexity index is 1300. The maximum Gasteiger partial charge on any atom is 0.295 e. The Labute approximate surface area is 195 Å². The first-order valence-corrected chi connectivity index (χ1v) is 11.2. The molecule has 2 aliphatic rings. The molecule has 2 aliphatic heterocycles. The number of likely N-dealkylation sites (tertiary alicyclic amines) is 1. The van der Waals surface area contributed by atoms with Crippen LogP contribution in [0, 0.1) is 12.7 Å². The van der Waals surface area contributed by atoms with Crippen LogP contribution in [-0.4, -0.2) is 75.4 Å². The number of halogens is 1. The normalized spacial score (nSPS) is 21.0. The zero-order valence-corrected chi connectivity index (χ0v) is 18.8. The maximum absolute atomic E-state index is 15.0. The van der Waals surface area contributed by atoms with Crippen molar-refractivity contribution in [1.82, 2.24) is 19.2 Å². The minimum atomic E-state index is -1.05. The summed E-state index contributed by atoms with van der Waals surface area (Å²) in [4.78, 5) is 34.3. The van der Waals surface area contributed by atoms with Gasteiger partial charge in [0.05, 0.1) is 30.5 Å². The number of aliphatic hydroxyl groups is 1. The molecule has 2 saturated heterocycles. The van der Waals surface area contributed by atoms with Crippen LogP contribution in [0.5, 0.6) is 0 Å². The number of aromatic nitrogens is 2. The lowest BCUT2D eigenvalue weighted by Gasteiger charge is -2.31. The number of nitrogens with zero attached hydrogens (tertiary/aromatic N) is 4. The molecular weight excluding hydrogens is 439 g/mol. The van der Waals surface area contributed by atoms with E-state index in [1.807, 2.05) is 6.07 Å². The number of pyridine rings is 1. The summed E-state index contributed by atoms with van der Waals surface area (Å²) in [5.41, 5.74) is 1.42. The summed E-state index contributed by atoms with van der Waals surface area (Å²) in [6, 6.07) is 10.4. The first-order chi connectivity index (χ1) is 16.5. The summed E-state index contributed by atoms with van der Waals surface area (Å²) < 4.78 is 22.0. The van der Waals surface area contributed by atoms with Crippen molar-refractivity contribution in [2.24, 2.45) is 0 Å². The van der Waals surface area contributed by atoms with Crippen LogP contribution in [0.2, 0.25) is 0 Å². The highest BCUT2D eigenvalue weighted by atomic mass is 19.1. The van der Waals surface area contributed by atoms with Crippen LogP contribution in [0.15, 0.2) is 54.2 Å². The van der Waals surface area contributed by atoms with E-state index >= 15 is 0 Å². The highest BCUT2D eigenvalue weighted by molar-refractivity contribution is 6.46. The number of rotatable bonds is 5. The van der Waals surface area contributed by atoms with Crippen molar-refractivity contribution in [2.75, 3.05) is 39.4 Å². The van der Waals surface area contributed by atoms with Gasteiger partial charge in [-0.15, -0.1) is 0 Å². The molecule has 3 aromatic rings. The molecule has 0 aliphatic carbocycles. The molecule has 0 saturated carbocycles. The SMILES string of the molecule is Cc1nc2ccccn2c1/C(O)=C1\C(=O)C(=O)N(CCN2CCOCC2)[C@H]1c1ccccc1F. The van der Waals surface area contributed by atoms with Crippen LogP contribution in [0.4, 0.5) is 4.39 Å². The number of aryl methyl sites for hydroxylation is 1. The second kappa shape index (κ2) is 9.00. The fourth-order valence-electron chi connectivity index (χ4n) is 4.73. The third-order valence-electron chi connectivity index (χ3n) is 6.43. The third kappa shape index (κ3) is 3.76. The van der Waals surface area contributed by atoms with Crippen molar-refractivity contribution in [3.8, 4) is 0 Å². The predicted octanol–water partition coefficient (Wildman–Crippen LogP) is 2.54. The van der Waals surface area contributed by atoms with E-state index in [4.69, 9.17) is 4.74 Å². The van der Waals surface area contributed by atoms with Gasteiger partial charge in [-0.1, -0.05) is 24.3 Å². The number of Topliss-reactive ketones (excluding diaryl/α,β-unsaturated/α-hetero) is 1. The molecule has 1 amide bonds. The fourth-order valence-corrected chi connectivity index (χ4v) is 4.73. The van der Waals surface area contributed by atoms with Gasteiger partial charge in [-0.25, -0.2) is 9.37 Å². The first-order valence-electron chi connectivity index (χ1n) is 11.2. The fraction of sp³-hybridized carbons (Fsp3) is 0.320. The summed E-state index contributed by atoms with van der Waals surface area (Å²) in [7, 11) is 0. The summed E-state index contributed by atoms with van der Waals surface area (Å²) in [6.45, 7) is 5.08. The molecule has 2 aromatic heterocycles. The number of hydrogen-bond donors (Lipinski definition) is 1. The van der Waals surface area contributed by atoms with Gasteiger partial charge in [0.15, 0.2) is 5.76 Å². The quantitative estimate of drug-likeness (QED) is 0.355.